The van der Waals surface area contributed by atoms with Crippen LogP contribution in [0.1, 0.15) is 5.56 Å². The molecule has 0 radical (unpaired) electrons. The van der Waals surface area contributed by atoms with E-state index in [1.165, 1.54) is 10.9 Å². The van der Waals surface area contributed by atoms with Crippen LogP contribution in [-0.2, 0) is 11.3 Å². The van der Waals surface area contributed by atoms with E-state index in [-0.39, 0.29) is 0 Å². The Morgan fingerprint density at radius 3 is 3.00 bits per heavy atom. The van der Waals surface area contributed by atoms with Gasteiger partial charge in [0, 0.05) is 23.5 Å². The largest absolute Gasteiger partial charge is 0.361 e. The van der Waals surface area contributed by atoms with Crippen molar-refractivity contribution in [2.75, 3.05) is 6.61 Å². The fourth-order valence-electron chi connectivity index (χ4n) is 1.49. The van der Waals surface area contributed by atoms with Crippen molar-refractivity contribution in [3.8, 4) is 0 Å². The molecule has 0 aliphatic carbocycles. The summed E-state index contributed by atoms with van der Waals surface area (Å²) < 4.78 is 0. The number of hydrogen-bond donors (Lipinski definition) is 2. The number of aromatic amines is 1. The first kappa shape index (κ1) is 8.29. The van der Waals surface area contributed by atoms with E-state index in [4.69, 9.17) is 5.26 Å². The molecule has 0 amide bonds. The lowest BCUT2D eigenvalue weighted by atomic mass is 10.1. The third-order valence-corrected chi connectivity index (χ3v) is 2.14. The summed E-state index contributed by atoms with van der Waals surface area (Å²) in [6.07, 6.45) is 2.67. The van der Waals surface area contributed by atoms with Gasteiger partial charge in [0.05, 0.1) is 6.61 Å². The molecule has 0 fully saturated rings. The average Bonchev–Trinajstić information content (AvgIpc) is 2.58. The van der Waals surface area contributed by atoms with Gasteiger partial charge in [0.15, 0.2) is 0 Å². The van der Waals surface area contributed by atoms with Gasteiger partial charge in [-0.2, -0.15) is 0 Å². The third-order valence-electron chi connectivity index (χ3n) is 2.14. The smallest absolute Gasteiger partial charge is 0.0860 e. The van der Waals surface area contributed by atoms with Crippen LogP contribution in [0.15, 0.2) is 30.5 Å². The van der Waals surface area contributed by atoms with E-state index in [0.29, 0.717) is 6.61 Å². The second-order valence-electron chi connectivity index (χ2n) is 2.94. The van der Waals surface area contributed by atoms with Crippen LogP contribution in [-0.4, -0.2) is 16.8 Å². The van der Waals surface area contributed by atoms with Gasteiger partial charge < -0.3 is 4.98 Å². The molecule has 3 nitrogen and oxygen atoms in total. The summed E-state index contributed by atoms with van der Waals surface area (Å²) in [5.41, 5.74) is 2.29. The number of H-pyrrole nitrogens is 1. The van der Waals surface area contributed by atoms with Gasteiger partial charge in [0.1, 0.15) is 0 Å². The first-order valence-corrected chi connectivity index (χ1v) is 4.23. The van der Waals surface area contributed by atoms with Crippen molar-refractivity contribution in [3.63, 3.8) is 0 Å². The Morgan fingerprint density at radius 2 is 2.15 bits per heavy atom. The van der Waals surface area contributed by atoms with Crippen molar-refractivity contribution in [1.29, 1.82) is 0 Å². The Bertz CT molecular complexity index is 394. The zero-order chi connectivity index (χ0) is 9.10. The van der Waals surface area contributed by atoms with Crippen LogP contribution in [0.4, 0.5) is 0 Å². The highest BCUT2D eigenvalue weighted by molar-refractivity contribution is 5.82. The SMILES string of the molecule is OOCCc1c[nH]c2ccccc12. The van der Waals surface area contributed by atoms with E-state index in [1.807, 2.05) is 24.4 Å². The number of fused-ring (bicyclic) bond motifs is 1. The van der Waals surface area contributed by atoms with E-state index >= 15 is 0 Å². The number of nitrogens with one attached hydrogen (secondary N) is 1. The van der Waals surface area contributed by atoms with Crippen molar-refractivity contribution in [2.45, 2.75) is 6.42 Å². The van der Waals surface area contributed by atoms with E-state index in [9.17, 15) is 0 Å². The van der Waals surface area contributed by atoms with Crippen molar-refractivity contribution in [1.82, 2.24) is 4.98 Å². The summed E-state index contributed by atoms with van der Waals surface area (Å²) in [5.74, 6) is 0. The molecule has 0 saturated carbocycles. The van der Waals surface area contributed by atoms with Crippen LogP contribution < -0.4 is 0 Å². The minimum absolute atomic E-state index is 0.335. The Kier molecular flexibility index (Phi) is 2.29. The van der Waals surface area contributed by atoms with E-state index in [2.05, 4.69) is 15.9 Å². The first-order chi connectivity index (χ1) is 6.42. The maximum atomic E-state index is 8.23. The standard InChI is InChI=1S/C10H11NO2/c12-13-6-5-8-7-11-10-4-2-1-3-9(8)10/h1-4,7,11-12H,5-6H2. The molecule has 0 aliphatic heterocycles. The summed E-state index contributed by atoms with van der Waals surface area (Å²) in [5, 5.41) is 9.42. The van der Waals surface area contributed by atoms with Crippen LogP contribution >= 0.6 is 0 Å². The average molecular weight is 177 g/mol. The van der Waals surface area contributed by atoms with Crippen LogP contribution in [0.25, 0.3) is 10.9 Å². The Hall–Kier alpha value is -1.32. The normalized spacial score (nSPS) is 10.8. The van der Waals surface area contributed by atoms with Gasteiger partial charge in [-0.1, -0.05) is 18.2 Å². The zero-order valence-electron chi connectivity index (χ0n) is 7.16. The lowest BCUT2D eigenvalue weighted by molar-refractivity contribution is -0.241. The Balaban J connectivity index is 2.35. The van der Waals surface area contributed by atoms with Gasteiger partial charge in [0.2, 0.25) is 0 Å². The van der Waals surface area contributed by atoms with Crippen molar-refractivity contribution >= 4 is 10.9 Å². The van der Waals surface area contributed by atoms with Crippen molar-refractivity contribution < 1.29 is 10.1 Å². The fourth-order valence-corrected chi connectivity index (χ4v) is 1.49. The summed E-state index contributed by atoms with van der Waals surface area (Å²) in [6.45, 7) is 0.335. The third kappa shape index (κ3) is 1.56. The number of rotatable bonds is 3. The monoisotopic (exact) mass is 177 g/mol. The minimum atomic E-state index is 0.335. The lowest BCUT2D eigenvalue weighted by Crippen LogP contribution is -1.93. The molecule has 1 aromatic heterocycles. The predicted molar refractivity (Wildman–Crippen MR) is 50.6 cm³/mol. The molecule has 3 heteroatoms. The van der Waals surface area contributed by atoms with Gasteiger partial charge >= 0.3 is 0 Å². The number of hydrogen-bond acceptors (Lipinski definition) is 2. The molecule has 1 heterocycles. The number of benzene rings is 1. The summed E-state index contributed by atoms with van der Waals surface area (Å²) >= 11 is 0. The highest BCUT2D eigenvalue weighted by Crippen LogP contribution is 2.17. The summed E-state index contributed by atoms with van der Waals surface area (Å²) in [4.78, 5) is 7.21. The maximum Gasteiger partial charge on any atom is 0.0860 e. The van der Waals surface area contributed by atoms with Gasteiger partial charge in [-0.15, -0.1) is 0 Å². The Morgan fingerprint density at radius 1 is 1.31 bits per heavy atom. The van der Waals surface area contributed by atoms with E-state index in [1.54, 1.807) is 0 Å². The van der Waals surface area contributed by atoms with Gasteiger partial charge in [-0.05, 0) is 11.6 Å². The molecular weight excluding hydrogens is 166 g/mol. The predicted octanol–water partition coefficient (Wildman–Crippen LogP) is 2.20. The molecule has 0 unspecified atom stereocenters. The molecule has 2 N–H and O–H groups in total. The molecule has 0 atom stereocenters. The zero-order valence-corrected chi connectivity index (χ0v) is 7.16. The second kappa shape index (κ2) is 3.60. The molecule has 2 aromatic rings. The molecule has 68 valence electrons. The molecule has 0 saturated heterocycles. The van der Waals surface area contributed by atoms with Crippen molar-refractivity contribution in [3.05, 3.63) is 36.0 Å². The van der Waals surface area contributed by atoms with Gasteiger partial charge in [0.25, 0.3) is 0 Å². The number of para-hydroxylation sites is 1. The minimum Gasteiger partial charge on any atom is -0.361 e. The molecule has 0 spiro atoms. The van der Waals surface area contributed by atoms with E-state index < -0.39 is 0 Å². The molecule has 1 aromatic carbocycles. The maximum absolute atomic E-state index is 8.23. The highest BCUT2D eigenvalue weighted by Gasteiger charge is 2.01. The molecule has 0 aliphatic rings. The van der Waals surface area contributed by atoms with Crippen LogP contribution in [0.2, 0.25) is 0 Å². The first-order valence-electron chi connectivity index (χ1n) is 4.23. The highest BCUT2D eigenvalue weighted by atomic mass is 17.1. The molecular formula is C10H11NO2. The second-order valence-corrected chi connectivity index (χ2v) is 2.94. The lowest BCUT2D eigenvalue weighted by Gasteiger charge is -1.95. The van der Waals surface area contributed by atoms with Gasteiger partial charge in [-0.3, -0.25) is 5.26 Å². The summed E-state index contributed by atoms with van der Waals surface area (Å²) in [7, 11) is 0. The summed E-state index contributed by atoms with van der Waals surface area (Å²) in [6, 6.07) is 8.07. The topological polar surface area (TPSA) is 45.2 Å². The van der Waals surface area contributed by atoms with Crippen molar-refractivity contribution in [2.24, 2.45) is 0 Å². The number of aromatic nitrogens is 1. The van der Waals surface area contributed by atoms with Crippen LogP contribution in [0.5, 0.6) is 0 Å². The Labute approximate surface area is 75.9 Å². The fraction of sp³-hybridized carbons (Fsp3) is 0.200. The van der Waals surface area contributed by atoms with Gasteiger partial charge in [-0.25, -0.2) is 4.89 Å². The van der Waals surface area contributed by atoms with Crippen LogP contribution in [0, 0.1) is 0 Å². The van der Waals surface area contributed by atoms with E-state index in [0.717, 1.165) is 11.9 Å². The molecule has 13 heavy (non-hydrogen) atoms. The van der Waals surface area contributed by atoms with Crippen LogP contribution in [0.3, 0.4) is 0 Å². The molecule has 2 rings (SSSR count). The quantitative estimate of drug-likeness (QED) is 0.557. The molecule has 0 bridgehead atoms.